The van der Waals surface area contributed by atoms with Crippen LogP contribution in [0.4, 0.5) is 0 Å². The van der Waals surface area contributed by atoms with Gasteiger partial charge >= 0.3 is 0 Å². The Morgan fingerprint density at radius 1 is 1.12 bits per heavy atom. The summed E-state index contributed by atoms with van der Waals surface area (Å²) in [5.74, 6) is -0.420. The predicted octanol–water partition coefficient (Wildman–Crippen LogP) is 1.00. The Hall–Kier alpha value is -3.09. The average molecular weight is 476 g/mol. The van der Waals surface area contributed by atoms with E-state index < -0.39 is 21.5 Å². The van der Waals surface area contributed by atoms with E-state index in [0.29, 0.717) is 29.1 Å². The summed E-state index contributed by atoms with van der Waals surface area (Å²) in [6, 6.07) is 7.28. The summed E-state index contributed by atoms with van der Waals surface area (Å²) < 4.78 is 28.5. The van der Waals surface area contributed by atoms with E-state index in [-0.39, 0.29) is 29.5 Å². The summed E-state index contributed by atoms with van der Waals surface area (Å²) >= 11 is 1.33. The lowest BCUT2D eigenvalue weighted by atomic mass is 10.2. The zero-order chi connectivity index (χ0) is 23.0. The van der Waals surface area contributed by atoms with Crippen LogP contribution in [-0.4, -0.2) is 65.3 Å². The smallest absolute Gasteiger partial charge is 0.281 e. The van der Waals surface area contributed by atoms with E-state index in [0.717, 1.165) is 4.68 Å². The van der Waals surface area contributed by atoms with Crippen LogP contribution in [-0.2, 0) is 14.8 Å². The van der Waals surface area contributed by atoms with E-state index in [1.165, 1.54) is 46.8 Å². The maximum atomic E-state index is 13.0. The molecule has 0 atom stereocenters. The van der Waals surface area contributed by atoms with E-state index in [4.69, 9.17) is 0 Å². The zero-order valence-corrected chi connectivity index (χ0v) is 19.1. The minimum absolute atomic E-state index is 0.0306. The van der Waals surface area contributed by atoms with E-state index in [9.17, 15) is 22.8 Å². The van der Waals surface area contributed by atoms with Crippen molar-refractivity contribution in [3.8, 4) is 0 Å². The van der Waals surface area contributed by atoms with Crippen LogP contribution in [0.5, 0.6) is 0 Å². The number of aryl methyl sites for hydroxylation is 1. The van der Waals surface area contributed by atoms with Crippen molar-refractivity contribution in [2.75, 3.05) is 31.6 Å². The van der Waals surface area contributed by atoms with Crippen molar-refractivity contribution in [3.05, 3.63) is 57.5 Å². The van der Waals surface area contributed by atoms with Crippen LogP contribution in [0.15, 0.2) is 45.4 Å². The molecule has 10 nitrogen and oxygen atoms in total. The fourth-order valence-corrected chi connectivity index (χ4v) is 5.77. The van der Waals surface area contributed by atoms with Gasteiger partial charge in [-0.05, 0) is 36.6 Å². The monoisotopic (exact) mass is 475 g/mol. The van der Waals surface area contributed by atoms with Crippen LogP contribution in [0, 0.1) is 6.92 Å². The lowest BCUT2D eigenvalue weighted by molar-refractivity contribution is -0.129. The summed E-state index contributed by atoms with van der Waals surface area (Å²) in [4.78, 5) is 43.4. The first-order valence-electron chi connectivity index (χ1n) is 9.82. The Balaban J connectivity index is 1.57. The second-order valence-electron chi connectivity index (χ2n) is 7.32. The summed E-state index contributed by atoms with van der Waals surface area (Å²) in [6.45, 7) is 4.04. The number of aromatic nitrogens is 2. The molecule has 0 spiro atoms. The molecule has 2 amide bonds. The van der Waals surface area contributed by atoms with Gasteiger partial charge in [0.2, 0.25) is 15.9 Å². The molecule has 1 fully saturated rings. The summed E-state index contributed by atoms with van der Waals surface area (Å²) in [5, 5.41) is 2.14. The second-order valence-corrected chi connectivity index (χ2v) is 10.2. The van der Waals surface area contributed by atoms with E-state index in [1.807, 2.05) is 0 Å². The molecule has 0 unspecified atom stereocenters. The Morgan fingerprint density at radius 2 is 1.84 bits per heavy atom. The molecular formula is C20H21N5O5S2. The number of sulfonamides is 1. The number of carbonyl (C=O) groups excluding carboxylic acids is 2. The summed E-state index contributed by atoms with van der Waals surface area (Å²) in [7, 11) is -3.84. The van der Waals surface area contributed by atoms with Gasteiger partial charge in [0.15, 0.2) is 0 Å². The Bertz CT molecular complexity index is 1370. The first-order chi connectivity index (χ1) is 15.2. The van der Waals surface area contributed by atoms with Crippen LogP contribution < -0.4 is 11.0 Å². The van der Waals surface area contributed by atoms with E-state index in [2.05, 4.69) is 10.4 Å². The van der Waals surface area contributed by atoms with Gasteiger partial charge in [-0.1, -0.05) is 6.07 Å². The van der Waals surface area contributed by atoms with Gasteiger partial charge in [0.1, 0.15) is 10.7 Å². The third-order valence-electron chi connectivity index (χ3n) is 5.30. The molecule has 0 aliphatic carbocycles. The SMILES string of the molecule is CC(=O)N1CCN(S(=O)(=O)c2cccc(C(=O)Nn3c(C)nc4sccc4c3=O)c2)CC1. The molecule has 168 valence electrons. The second kappa shape index (κ2) is 8.45. The van der Waals surface area contributed by atoms with E-state index in [1.54, 1.807) is 23.3 Å². The number of thiophene rings is 1. The third-order valence-corrected chi connectivity index (χ3v) is 8.00. The number of piperazine rings is 1. The van der Waals surface area contributed by atoms with Gasteiger partial charge in [-0.25, -0.2) is 18.1 Å². The minimum atomic E-state index is -3.84. The Labute approximate surface area is 188 Å². The van der Waals surface area contributed by atoms with Crippen LogP contribution >= 0.6 is 11.3 Å². The highest BCUT2D eigenvalue weighted by atomic mass is 32.2. The molecule has 12 heteroatoms. The van der Waals surface area contributed by atoms with Crippen LogP contribution in [0.25, 0.3) is 10.2 Å². The molecule has 0 bridgehead atoms. The molecule has 1 N–H and O–H groups in total. The van der Waals surface area contributed by atoms with Crippen molar-refractivity contribution in [1.82, 2.24) is 18.9 Å². The minimum Gasteiger partial charge on any atom is -0.340 e. The standard InChI is InChI=1S/C20H21N5O5S2/c1-13-21-19-17(6-11-31-19)20(28)25(13)22-18(27)15-4-3-5-16(12-15)32(29,30)24-9-7-23(8-10-24)14(2)26/h3-6,11-12H,7-10H2,1-2H3,(H,22,27). The number of rotatable bonds is 4. The van der Waals surface area contributed by atoms with Gasteiger partial charge in [-0.2, -0.15) is 4.31 Å². The first kappa shape index (κ1) is 22.1. The highest BCUT2D eigenvalue weighted by molar-refractivity contribution is 7.89. The average Bonchev–Trinajstić information content (AvgIpc) is 3.25. The van der Waals surface area contributed by atoms with Crippen LogP contribution in [0.2, 0.25) is 0 Å². The van der Waals surface area contributed by atoms with Gasteiger partial charge in [-0.3, -0.25) is 19.8 Å². The lowest BCUT2D eigenvalue weighted by Gasteiger charge is -2.33. The molecule has 1 aliphatic rings. The molecule has 3 heterocycles. The number of nitrogens with one attached hydrogen (secondary N) is 1. The van der Waals surface area contributed by atoms with Crippen molar-refractivity contribution >= 4 is 43.4 Å². The van der Waals surface area contributed by atoms with Gasteiger partial charge in [-0.15, -0.1) is 11.3 Å². The van der Waals surface area contributed by atoms with Gasteiger partial charge < -0.3 is 4.90 Å². The molecule has 0 saturated carbocycles. The number of carbonyl (C=O) groups is 2. The molecule has 2 aromatic heterocycles. The van der Waals surface area contributed by atoms with Crippen molar-refractivity contribution in [2.45, 2.75) is 18.7 Å². The molecule has 3 aromatic rings. The van der Waals surface area contributed by atoms with Gasteiger partial charge in [0, 0.05) is 38.7 Å². The molecule has 1 aromatic carbocycles. The fourth-order valence-electron chi connectivity index (χ4n) is 3.50. The van der Waals surface area contributed by atoms with Crippen molar-refractivity contribution in [3.63, 3.8) is 0 Å². The normalized spacial score (nSPS) is 15.1. The Kier molecular flexibility index (Phi) is 5.84. The lowest BCUT2D eigenvalue weighted by Crippen LogP contribution is -2.49. The number of hydrogen-bond acceptors (Lipinski definition) is 7. The fraction of sp³-hybridized carbons (Fsp3) is 0.300. The molecular weight excluding hydrogens is 454 g/mol. The number of fused-ring (bicyclic) bond motifs is 1. The Morgan fingerprint density at radius 3 is 2.53 bits per heavy atom. The summed E-state index contributed by atoms with van der Waals surface area (Å²) in [5.41, 5.74) is 2.19. The van der Waals surface area contributed by atoms with Gasteiger partial charge in [0.25, 0.3) is 11.5 Å². The molecule has 1 aliphatic heterocycles. The quantitative estimate of drug-likeness (QED) is 0.601. The summed E-state index contributed by atoms with van der Waals surface area (Å²) in [6.07, 6.45) is 0. The molecule has 32 heavy (non-hydrogen) atoms. The van der Waals surface area contributed by atoms with Gasteiger partial charge in [0.05, 0.1) is 10.3 Å². The maximum absolute atomic E-state index is 13.0. The predicted molar refractivity (Wildman–Crippen MR) is 120 cm³/mol. The third kappa shape index (κ3) is 4.04. The number of nitrogens with zero attached hydrogens (tertiary/aromatic N) is 4. The van der Waals surface area contributed by atoms with Crippen molar-refractivity contribution in [1.29, 1.82) is 0 Å². The number of benzene rings is 1. The maximum Gasteiger partial charge on any atom is 0.281 e. The number of hydrogen-bond donors (Lipinski definition) is 1. The zero-order valence-electron chi connectivity index (χ0n) is 17.4. The topological polar surface area (TPSA) is 122 Å². The molecule has 4 rings (SSSR count). The number of amides is 2. The highest BCUT2D eigenvalue weighted by Crippen LogP contribution is 2.19. The highest BCUT2D eigenvalue weighted by Gasteiger charge is 2.29. The van der Waals surface area contributed by atoms with E-state index >= 15 is 0 Å². The first-order valence-corrected chi connectivity index (χ1v) is 12.1. The van der Waals surface area contributed by atoms with Crippen LogP contribution in [0.1, 0.15) is 23.1 Å². The largest absolute Gasteiger partial charge is 0.340 e. The van der Waals surface area contributed by atoms with Crippen molar-refractivity contribution < 1.29 is 18.0 Å². The molecule has 0 radical (unpaired) electrons. The van der Waals surface area contributed by atoms with Crippen molar-refractivity contribution in [2.24, 2.45) is 0 Å². The molecule has 1 saturated heterocycles. The van der Waals surface area contributed by atoms with Crippen LogP contribution in [0.3, 0.4) is 0 Å².